The smallest absolute Gasteiger partial charge is 0.121 e. The molecule has 0 aliphatic carbocycles. The fraction of sp³-hybridized carbons (Fsp3) is 0.333. The van der Waals surface area contributed by atoms with Crippen molar-refractivity contribution in [2.45, 2.75) is 13.8 Å². The lowest BCUT2D eigenvalue weighted by atomic mass is 10.2. The standard InChI is InChI=1S/C9H10Br2O/c1-3-12-7-4-8(10)6(2)9(11)5-7/h4-5H,3H2,1-2H3. The predicted octanol–water partition coefficient (Wildman–Crippen LogP) is 3.92. The zero-order chi connectivity index (χ0) is 9.14. The van der Waals surface area contributed by atoms with Crippen LogP contribution in [0.1, 0.15) is 12.5 Å². The Hall–Kier alpha value is -0.0200. The summed E-state index contributed by atoms with van der Waals surface area (Å²) in [5, 5.41) is 0. The largest absolute Gasteiger partial charge is 0.494 e. The zero-order valence-electron chi connectivity index (χ0n) is 7.03. The second-order valence-corrected chi connectivity index (χ2v) is 4.15. The minimum Gasteiger partial charge on any atom is -0.494 e. The maximum absolute atomic E-state index is 5.36. The van der Waals surface area contributed by atoms with Crippen molar-refractivity contribution in [3.8, 4) is 5.75 Å². The molecule has 0 heterocycles. The molecule has 0 aliphatic heterocycles. The van der Waals surface area contributed by atoms with E-state index < -0.39 is 0 Å². The van der Waals surface area contributed by atoms with E-state index in [2.05, 4.69) is 31.9 Å². The molecule has 12 heavy (non-hydrogen) atoms. The van der Waals surface area contributed by atoms with E-state index >= 15 is 0 Å². The second-order valence-electron chi connectivity index (χ2n) is 2.44. The van der Waals surface area contributed by atoms with Crippen molar-refractivity contribution >= 4 is 31.9 Å². The predicted molar refractivity (Wildman–Crippen MR) is 57.7 cm³/mol. The molecule has 1 rings (SSSR count). The van der Waals surface area contributed by atoms with E-state index in [1.54, 1.807) is 0 Å². The van der Waals surface area contributed by atoms with Crippen LogP contribution in [0.15, 0.2) is 21.1 Å². The van der Waals surface area contributed by atoms with Crippen LogP contribution < -0.4 is 4.74 Å². The van der Waals surface area contributed by atoms with Gasteiger partial charge in [0.05, 0.1) is 6.61 Å². The average Bonchev–Trinajstić information content (AvgIpc) is 2.01. The summed E-state index contributed by atoms with van der Waals surface area (Å²) in [7, 11) is 0. The Bertz CT molecular complexity index is 261. The van der Waals surface area contributed by atoms with E-state index in [1.807, 2.05) is 26.0 Å². The van der Waals surface area contributed by atoms with Crippen LogP contribution in [0.25, 0.3) is 0 Å². The van der Waals surface area contributed by atoms with Gasteiger partial charge in [-0.1, -0.05) is 31.9 Å². The van der Waals surface area contributed by atoms with E-state index in [4.69, 9.17) is 4.74 Å². The van der Waals surface area contributed by atoms with Crippen molar-refractivity contribution in [3.05, 3.63) is 26.6 Å². The van der Waals surface area contributed by atoms with E-state index in [1.165, 1.54) is 5.56 Å². The first-order valence-corrected chi connectivity index (χ1v) is 5.32. The molecule has 0 saturated carbocycles. The highest BCUT2D eigenvalue weighted by Crippen LogP contribution is 2.29. The summed E-state index contributed by atoms with van der Waals surface area (Å²) in [5.41, 5.74) is 1.19. The molecule has 0 radical (unpaired) electrons. The molecule has 0 atom stereocenters. The number of hydrogen-bond acceptors (Lipinski definition) is 1. The van der Waals surface area contributed by atoms with Crippen molar-refractivity contribution in [2.24, 2.45) is 0 Å². The molecule has 0 spiro atoms. The molecule has 1 nitrogen and oxygen atoms in total. The fourth-order valence-electron chi connectivity index (χ4n) is 0.872. The number of rotatable bonds is 2. The summed E-state index contributed by atoms with van der Waals surface area (Å²) in [5.74, 6) is 0.891. The Morgan fingerprint density at radius 1 is 1.25 bits per heavy atom. The normalized spacial score (nSPS) is 10.0. The second kappa shape index (κ2) is 4.28. The van der Waals surface area contributed by atoms with Gasteiger partial charge in [0.25, 0.3) is 0 Å². The van der Waals surface area contributed by atoms with Gasteiger partial charge in [-0.15, -0.1) is 0 Å². The van der Waals surface area contributed by atoms with Crippen LogP contribution in [0.3, 0.4) is 0 Å². The topological polar surface area (TPSA) is 9.23 Å². The van der Waals surface area contributed by atoms with Gasteiger partial charge in [-0.2, -0.15) is 0 Å². The van der Waals surface area contributed by atoms with Gasteiger partial charge >= 0.3 is 0 Å². The van der Waals surface area contributed by atoms with Gasteiger partial charge in [0.1, 0.15) is 5.75 Å². The minimum absolute atomic E-state index is 0.696. The zero-order valence-corrected chi connectivity index (χ0v) is 10.2. The molecule has 0 bridgehead atoms. The summed E-state index contributed by atoms with van der Waals surface area (Å²) in [6.45, 7) is 4.72. The first-order chi connectivity index (χ1) is 5.65. The Labute approximate surface area is 89.4 Å². The minimum atomic E-state index is 0.696. The van der Waals surface area contributed by atoms with Gasteiger partial charge in [-0.05, 0) is 31.5 Å². The van der Waals surface area contributed by atoms with Gasteiger partial charge in [-0.25, -0.2) is 0 Å². The molecule has 0 amide bonds. The molecule has 3 heteroatoms. The highest BCUT2D eigenvalue weighted by atomic mass is 79.9. The maximum Gasteiger partial charge on any atom is 0.121 e. The van der Waals surface area contributed by atoms with E-state index in [0.717, 1.165) is 14.7 Å². The summed E-state index contributed by atoms with van der Waals surface area (Å²) in [6, 6.07) is 3.95. The maximum atomic E-state index is 5.36. The molecule has 0 N–H and O–H groups in total. The Kier molecular flexibility index (Phi) is 3.59. The van der Waals surface area contributed by atoms with E-state index in [0.29, 0.717) is 6.61 Å². The van der Waals surface area contributed by atoms with Gasteiger partial charge in [0.15, 0.2) is 0 Å². The van der Waals surface area contributed by atoms with Gasteiger partial charge in [0, 0.05) is 8.95 Å². The quantitative estimate of drug-likeness (QED) is 0.803. The van der Waals surface area contributed by atoms with Crippen molar-refractivity contribution in [2.75, 3.05) is 6.61 Å². The van der Waals surface area contributed by atoms with Crippen molar-refractivity contribution < 1.29 is 4.74 Å². The molecule has 1 aromatic rings. The average molecular weight is 294 g/mol. The molecule has 1 aromatic carbocycles. The summed E-state index contributed by atoms with van der Waals surface area (Å²) in [4.78, 5) is 0. The third-order valence-corrected chi connectivity index (χ3v) is 3.21. The highest BCUT2D eigenvalue weighted by Gasteiger charge is 2.02. The number of ether oxygens (including phenoxy) is 1. The molecule has 66 valence electrons. The van der Waals surface area contributed by atoms with Crippen LogP contribution in [0.4, 0.5) is 0 Å². The lowest BCUT2D eigenvalue weighted by molar-refractivity contribution is 0.340. The Morgan fingerprint density at radius 3 is 2.17 bits per heavy atom. The summed E-state index contributed by atoms with van der Waals surface area (Å²) < 4.78 is 7.50. The van der Waals surface area contributed by atoms with E-state index in [9.17, 15) is 0 Å². The molecular formula is C9H10Br2O. The van der Waals surface area contributed by atoms with Crippen LogP contribution in [-0.2, 0) is 0 Å². The number of hydrogen-bond donors (Lipinski definition) is 0. The van der Waals surface area contributed by atoms with Crippen LogP contribution >= 0.6 is 31.9 Å². The van der Waals surface area contributed by atoms with Gasteiger partial charge in [0.2, 0.25) is 0 Å². The summed E-state index contributed by atoms with van der Waals surface area (Å²) in [6.07, 6.45) is 0. The third kappa shape index (κ3) is 2.23. The monoisotopic (exact) mass is 292 g/mol. The lowest BCUT2D eigenvalue weighted by Crippen LogP contribution is -1.92. The van der Waals surface area contributed by atoms with Crippen LogP contribution in [0.5, 0.6) is 5.75 Å². The van der Waals surface area contributed by atoms with Crippen LogP contribution in [0, 0.1) is 6.92 Å². The molecule has 0 unspecified atom stereocenters. The Balaban J connectivity index is 3.04. The lowest BCUT2D eigenvalue weighted by Gasteiger charge is -2.06. The number of halogens is 2. The first-order valence-electron chi connectivity index (χ1n) is 3.73. The van der Waals surface area contributed by atoms with Crippen molar-refractivity contribution in [3.63, 3.8) is 0 Å². The fourth-order valence-corrected chi connectivity index (χ4v) is 2.02. The molecule has 0 aliphatic rings. The van der Waals surface area contributed by atoms with Crippen LogP contribution in [0.2, 0.25) is 0 Å². The SMILES string of the molecule is CCOc1cc(Br)c(C)c(Br)c1. The van der Waals surface area contributed by atoms with Gasteiger partial charge < -0.3 is 4.74 Å². The van der Waals surface area contributed by atoms with Gasteiger partial charge in [-0.3, -0.25) is 0 Å². The molecule has 0 saturated heterocycles. The van der Waals surface area contributed by atoms with Crippen molar-refractivity contribution in [1.29, 1.82) is 0 Å². The van der Waals surface area contributed by atoms with Crippen LogP contribution in [-0.4, -0.2) is 6.61 Å². The summed E-state index contributed by atoms with van der Waals surface area (Å²) >= 11 is 6.91. The molecule has 0 aromatic heterocycles. The van der Waals surface area contributed by atoms with Crippen molar-refractivity contribution in [1.82, 2.24) is 0 Å². The third-order valence-electron chi connectivity index (χ3n) is 1.57. The van der Waals surface area contributed by atoms with E-state index in [-0.39, 0.29) is 0 Å². The number of benzene rings is 1. The highest BCUT2D eigenvalue weighted by molar-refractivity contribution is 9.11. The Morgan fingerprint density at radius 2 is 1.75 bits per heavy atom. The molecule has 0 fully saturated rings. The first kappa shape index (κ1) is 10.1. The molecular weight excluding hydrogens is 284 g/mol.